The molecule has 3 aliphatic carbocycles. The van der Waals surface area contributed by atoms with Crippen molar-refractivity contribution in [2.24, 2.45) is 58.0 Å². The fourth-order valence-electron chi connectivity index (χ4n) is 14.5. The number of aryl methyl sites for hydroxylation is 1. The second kappa shape index (κ2) is 13.1. The summed E-state index contributed by atoms with van der Waals surface area (Å²) in [4.78, 5) is 35.5. The number of nitrogens with two attached hydrogens (primary N) is 1. The number of fused-ring (bicyclic) bond motifs is 2. The van der Waals surface area contributed by atoms with Crippen molar-refractivity contribution in [3.8, 4) is 0 Å². The van der Waals surface area contributed by atoms with E-state index in [0.29, 0.717) is 54.1 Å². The van der Waals surface area contributed by atoms with Crippen molar-refractivity contribution < 1.29 is 19.1 Å². The van der Waals surface area contributed by atoms with Crippen LogP contribution >= 0.6 is 0 Å². The lowest BCUT2D eigenvalue weighted by molar-refractivity contribution is -0.274. The molecule has 1 aromatic carbocycles. The molecule has 0 aromatic heterocycles. The Morgan fingerprint density at radius 1 is 1.04 bits per heavy atom. The molecule has 296 valence electrons. The molecule has 1 unspecified atom stereocenters. The Morgan fingerprint density at radius 2 is 1.89 bits per heavy atom. The molecule has 3 saturated heterocycles. The fraction of sp³-hybridized carbons (Fsp3) is 0.708. The van der Waals surface area contributed by atoms with Gasteiger partial charge in [0.15, 0.2) is 5.60 Å². The van der Waals surface area contributed by atoms with Crippen LogP contribution in [0, 0.1) is 52.3 Å². The van der Waals surface area contributed by atoms with Gasteiger partial charge in [-0.2, -0.15) is 0 Å². The standard InChI is InChI=1S/C48H65N3O4/c1-28(2)11-12-29(3)22-40-46-24-35-17-18-47(46,48(40)38-10-6-8-33(9-7-19-49)42(38)44(52)55-48)41(54-45(46)53)16-13-31(5)50-25-32-23-36(27-50)39-15-14-34-20-30(4)21-37(35)43(34)51(39)26-32/h6,8,10,16,24,28-32,36-37,39-40H,7,9,11-15,17-23,25-27,49H2,1-5H3/b41-16-/t29-,30-,31+,32+,36-,37-,39+,40-,46-,47+,48+/m0/s1. The van der Waals surface area contributed by atoms with E-state index >= 15 is 4.79 Å². The van der Waals surface area contributed by atoms with E-state index in [1.807, 2.05) is 0 Å². The van der Waals surface area contributed by atoms with Gasteiger partial charge in [0.05, 0.1) is 11.0 Å². The zero-order valence-electron chi connectivity index (χ0n) is 34.2. The van der Waals surface area contributed by atoms with E-state index in [2.05, 4.69) is 74.8 Å². The van der Waals surface area contributed by atoms with Crippen LogP contribution in [-0.4, -0.2) is 60.0 Å². The number of rotatable bonds is 8. The number of ether oxygens (including phenoxy) is 2. The summed E-state index contributed by atoms with van der Waals surface area (Å²) in [6, 6.07) is 7.33. The molecule has 13 rings (SSSR count). The largest absolute Gasteiger partial charge is 0.449 e. The van der Waals surface area contributed by atoms with Gasteiger partial charge in [-0.1, -0.05) is 76.0 Å². The highest BCUT2D eigenvalue weighted by molar-refractivity contribution is 5.99. The summed E-state index contributed by atoms with van der Waals surface area (Å²) in [5.74, 6) is 3.57. The number of esters is 2. The lowest BCUT2D eigenvalue weighted by Crippen LogP contribution is -2.75. The molecule has 4 fully saturated rings. The minimum atomic E-state index is -0.955. The van der Waals surface area contributed by atoms with Gasteiger partial charge in [-0.15, -0.1) is 0 Å². The minimum absolute atomic E-state index is 0.104. The van der Waals surface area contributed by atoms with Crippen LogP contribution < -0.4 is 5.73 Å². The van der Waals surface area contributed by atoms with Gasteiger partial charge in [0.1, 0.15) is 11.2 Å². The average Bonchev–Trinajstić information content (AvgIpc) is 3.61. The summed E-state index contributed by atoms with van der Waals surface area (Å²) in [6.45, 7) is 15.9. The normalized spacial score (nSPS) is 42.3. The monoisotopic (exact) mass is 747 g/mol. The molecule has 7 heteroatoms. The van der Waals surface area contributed by atoms with Crippen LogP contribution in [0.15, 0.2) is 53.0 Å². The van der Waals surface area contributed by atoms with E-state index in [1.165, 1.54) is 37.8 Å². The number of carbonyl (C=O) groups excluding carboxylic acids is 2. The highest BCUT2D eigenvalue weighted by Gasteiger charge is 2.91. The van der Waals surface area contributed by atoms with Gasteiger partial charge in [0, 0.05) is 54.8 Å². The molecule has 2 spiro atoms. The quantitative estimate of drug-likeness (QED) is 0.211. The highest BCUT2D eigenvalue weighted by atomic mass is 16.6. The lowest BCUT2D eigenvalue weighted by atomic mass is 9.31. The maximum Gasteiger partial charge on any atom is 0.339 e. The van der Waals surface area contributed by atoms with Crippen molar-refractivity contribution in [3.05, 3.63) is 69.6 Å². The molecule has 0 amide bonds. The molecule has 10 bridgehead atoms. The molecular formula is C48H65N3O4. The molecule has 12 atom stereocenters. The Hall–Kier alpha value is -2.90. The molecule has 9 aliphatic heterocycles. The molecule has 1 aromatic rings. The van der Waals surface area contributed by atoms with E-state index in [1.54, 1.807) is 11.3 Å². The second-order valence-corrected chi connectivity index (χ2v) is 20.4. The van der Waals surface area contributed by atoms with Crippen LogP contribution in [0.4, 0.5) is 0 Å². The number of nitrogens with zero attached hydrogens (tertiary/aromatic N) is 2. The van der Waals surface area contributed by atoms with Crippen LogP contribution in [0.1, 0.15) is 133 Å². The zero-order valence-corrected chi connectivity index (χ0v) is 34.2. The number of benzene rings is 1. The van der Waals surface area contributed by atoms with Crippen molar-refractivity contribution in [2.75, 3.05) is 26.2 Å². The lowest BCUT2D eigenvalue weighted by Gasteiger charge is -2.69. The Labute approximate surface area is 329 Å². The Kier molecular flexibility index (Phi) is 8.65. The van der Waals surface area contributed by atoms with E-state index in [9.17, 15) is 4.79 Å². The van der Waals surface area contributed by atoms with Crippen molar-refractivity contribution in [1.82, 2.24) is 9.80 Å². The zero-order chi connectivity index (χ0) is 38.0. The predicted octanol–water partition coefficient (Wildman–Crippen LogP) is 8.68. The van der Waals surface area contributed by atoms with Crippen molar-refractivity contribution in [3.63, 3.8) is 0 Å². The Morgan fingerprint density at radius 3 is 2.71 bits per heavy atom. The van der Waals surface area contributed by atoms with E-state index in [4.69, 9.17) is 15.2 Å². The van der Waals surface area contributed by atoms with Gasteiger partial charge in [0.25, 0.3) is 0 Å². The fourth-order valence-corrected chi connectivity index (χ4v) is 14.5. The van der Waals surface area contributed by atoms with E-state index < -0.39 is 16.4 Å². The molecule has 12 aliphatic rings. The third-order valence-electron chi connectivity index (χ3n) is 16.8. The van der Waals surface area contributed by atoms with Crippen LogP contribution in [-0.2, 0) is 26.3 Å². The first-order chi connectivity index (χ1) is 26.5. The van der Waals surface area contributed by atoms with Crippen molar-refractivity contribution >= 4 is 11.9 Å². The van der Waals surface area contributed by atoms with E-state index in [-0.39, 0.29) is 17.9 Å². The number of hydrogen-bond donors (Lipinski definition) is 1. The number of carbonyl (C=O) groups is 2. The third kappa shape index (κ3) is 4.93. The SMILES string of the molecule is CC(C)CC[C@H](C)C[C@@H]1[C@@]2(OC(=O)c3c(CCCN)cccc32)[C@@]23CCC4=C[C@@]12C(=O)O/C3=C\C[C@@H](C)N1C[C@H]2C[C@@H](C1)[C@H]1CCC3=C([C@H]4C[C@@H](C)C3)N1C2. The Balaban J connectivity index is 1.20. The summed E-state index contributed by atoms with van der Waals surface area (Å²) in [5.41, 5.74) is 11.0. The maximum atomic E-state index is 15.3. The smallest absolute Gasteiger partial charge is 0.339 e. The summed E-state index contributed by atoms with van der Waals surface area (Å²) in [7, 11) is 0. The number of allylic oxidation sites excluding steroid dienone is 2. The highest BCUT2D eigenvalue weighted by Crippen LogP contribution is 2.85. The molecule has 55 heavy (non-hydrogen) atoms. The Bertz CT molecular complexity index is 1880. The molecule has 2 N–H and O–H groups in total. The van der Waals surface area contributed by atoms with Crippen molar-refractivity contribution in [1.29, 1.82) is 0 Å². The van der Waals surface area contributed by atoms with Crippen LogP contribution in [0.25, 0.3) is 0 Å². The first kappa shape index (κ1) is 36.4. The van der Waals surface area contributed by atoms with Gasteiger partial charge in [-0.3, -0.25) is 9.69 Å². The summed E-state index contributed by atoms with van der Waals surface area (Å²) in [5, 5.41) is 0. The van der Waals surface area contributed by atoms with E-state index in [0.717, 1.165) is 93.3 Å². The summed E-state index contributed by atoms with van der Waals surface area (Å²) >= 11 is 0. The van der Waals surface area contributed by atoms with Gasteiger partial charge in [-0.05, 0) is 125 Å². The first-order valence-corrected chi connectivity index (χ1v) is 22.4. The number of piperidine rings is 2. The molecule has 9 heterocycles. The minimum Gasteiger partial charge on any atom is -0.449 e. The van der Waals surface area contributed by atoms with Gasteiger partial charge in [0.2, 0.25) is 0 Å². The average molecular weight is 748 g/mol. The van der Waals surface area contributed by atoms with Crippen molar-refractivity contribution in [2.45, 2.75) is 136 Å². The van der Waals surface area contributed by atoms with Crippen LogP contribution in [0.5, 0.6) is 0 Å². The van der Waals surface area contributed by atoms with Gasteiger partial charge < -0.3 is 20.1 Å². The summed E-state index contributed by atoms with van der Waals surface area (Å²) < 4.78 is 13.9. The topological polar surface area (TPSA) is 85.1 Å². The number of hydrogen-bond acceptors (Lipinski definition) is 7. The third-order valence-corrected chi connectivity index (χ3v) is 16.8. The van der Waals surface area contributed by atoms with Gasteiger partial charge >= 0.3 is 11.9 Å². The second-order valence-electron chi connectivity index (χ2n) is 20.4. The predicted molar refractivity (Wildman–Crippen MR) is 215 cm³/mol. The van der Waals surface area contributed by atoms with Gasteiger partial charge in [-0.25, -0.2) is 4.79 Å². The molecular weight excluding hydrogens is 683 g/mol. The van der Waals surface area contributed by atoms with Crippen LogP contribution in [0.2, 0.25) is 0 Å². The van der Waals surface area contributed by atoms with Crippen LogP contribution in [0.3, 0.4) is 0 Å². The first-order valence-electron chi connectivity index (χ1n) is 22.4. The molecule has 0 radical (unpaired) electrons. The maximum absolute atomic E-state index is 15.3. The molecule has 7 nitrogen and oxygen atoms in total. The summed E-state index contributed by atoms with van der Waals surface area (Å²) in [6.07, 6.45) is 18.1. The molecule has 1 saturated carbocycles.